The predicted molar refractivity (Wildman–Crippen MR) is 222 cm³/mol. The van der Waals surface area contributed by atoms with E-state index in [1.54, 1.807) is 18.5 Å². The van der Waals surface area contributed by atoms with Gasteiger partial charge in [-0.05, 0) is 92.8 Å². The van der Waals surface area contributed by atoms with Crippen LogP contribution in [0.15, 0.2) is 47.3 Å². The van der Waals surface area contributed by atoms with Crippen LogP contribution in [0.4, 0.5) is 4.39 Å². The summed E-state index contributed by atoms with van der Waals surface area (Å²) in [6.07, 6.45) is 3.93. The molecule has 4 heterocycles. The summed E-state index contributed by atoms with van der Waals surface area (Å²) in [6, 6.07) is 11.0. The number of amides is 4. The van der Waals surface area contributed by atoms with Crippen molar-refractivity contribution in [2.24, 2.45) is 0 Å². The Hall–Kier alpha value is -6.00. The maximum Gasteiger partial charge on any atom is 0.313 e. The van der Waals surface area contributed by atoms with E-state index in [0.717, 1.165) is 40.5 Å². The summed E-state index contributed by atoms with van der Waals surface area (Å²) in [4.78, 5) is 84.6. The standard InChI is InChI=1S/C45H50FN7O8/c1-4-26-28-17-35-40-29(21-53(35)42(57)30(28)22-60-43(26)58)39-32(13-12-27-24(2)31(46)18-33(51-40)38(27)39)52-44(59)45(14-8-9-15-45)61-23-49-36(54)20-48-41(56)34(50-37(55)19-47-3)16-25-10-6-5-7-11-25/h5-7,10-11,17-18,26,32,34,47H,4,8-9,12-16,19-23H2,1-3H3,(H,48,56)(H,49,54)(H,50,55)(H,52,59). The number of nitrogens with one attached hydrogen (secondary N) is 5. The molecule has 61 heavy (non-hydrogen) atoms. The topological polar surface area (TPSA) is 199 Å². The predicted octanol–water partition coefficient (Wildman–Crippen LogP) is 2.99. The van der Waals surface area contributed by atoms with Crippen molar-refractivity contribution in [1.82, 2.24) is 36.1 Å². The lowest BCUT2D eigenvalue weighted by Crippen LogP contribution is -2.52. The van der Waals surface area contributed by atoms with Gasteiger partial charge in [0.25, 0.3) is 11.5 Å². The summed E-state index contributed by atoms with van der Waals surface area (Å²) in [6.45, 7) is 3.03. The third kappa shape index (κ3) is 7.89. The molecule has 0 spiro atoms. The van der Waals surface area contributed by atoms with Gasteiger partial charge < -0.3 is 40.6 Å². The Morgan fingerprint density at radius 3 is 2.52 bits per heavy atom. The average Bonchev–Trinajstić information content (AvgIpc) is 3.88. The van der Waals surface area contributed by atoms with Crippen LogP contribution in [0.25, 0.3) is 22.3 Å². The monoisotopic (exact) mass is 835 g/mol. The Balaban J connectivity index is 0.994. The fraction of sp³-hybridized carbons (Fsp3) is 0.444. The van der Waals surface area contributed by atoms with Gasteiger partial charge in [0.2, 0.25) is 17.7 Å². The average molecular weight is 836 g/mol. The number of hydrogen-bond donors (Lipinski definition) is 5. The van der Waals surface area contributed by atoms with Gasteiger partial charge in [-0.1, -0.05) is 37.3 Å². The molecular formula is C45H50FN7O8. The number of benzene rings is 2. The molecule has 2 aliphatic carbocycles. The fourth-order valence-corrected chi connectivity index (χ4v) is 9.47. The van der Waals surface area contributed by atoms with Gasteiger partial charge in [-0.15, -0.1) is 0 Å². The fourth-order valence-electron chi connectivity index (χ4n) is 9.47. The number of likely N-dealkylation sites (N-methyl/N-ethyl adjacent to an activating group) is 1. The first-order chi connectivity index (χ1) is 29.4. The molecule has 2 aliphatic heterocycles. The second-order valence-electron chi connectivity index (χ2n) is 16.3. The molecule has 4 amide bonds. The SMILES string of the molecule is CCC1C(=O)OCc2c1cc1n(c2=O)Cc2c-1nc1cc(F)c(C)c3c1c2C(NC(=O)C1(OCNC(=O)CNC(=O)C(Cc2ccccc2)NC(=O)CNC)CCCC1)CC3. The molecule has 3 unspecified atom stereocenters. The number of esters is 1. The van der Waals surface area contributed by atoms with Crippen molar-refractivity contribution in [1.29, 1.82) is 0 Å². The molecule has 1 fully saturated rings. The number of hydrogen-bond acceptors (Lipinski definition) is 10. The molecule has 15 nitrogen and oxygen atoms in total. The molecule has 3 atom stereocenters. The minimum Gasteiger partial charge on any atom is -0.460 e. The Bertz CT molecular complexity index is 2500. The highest BCUT2D eigenvalue weighted by atomic mass is 19.1. The second kappa shape index (κ2) is 17.2. The number of carbonyl (C=O) groups excluding carboxylic acids is 5. The van der Waals surface area contributed by atoms with E-state index >= 15 is 4.39 Å². The Kier molecular flexibility index (Phi) is 11.7. The molecule has 16 heteroatoms. The molecular weight excluding hydrogens is 786 g/mol. The van der Waals surface area contributed by atoms with Gasteiger partial charge in [-0.25, -0.2) is 9.37 Å². The lowest BCUT2D eigenvalue weighted by Gasteiger charge is -2.34. The van der Waals surface area contributed by atoms with E-state index in [9.17, 15) is 28.8 Å². The van der Waals surface area contributed by atoms with E-state index in [-0.39, 0.29) is 68.6 Å². The van der Waals surface area contributed by atoms with Crippen LogP contribution < -0.4 is 32.1 Å². The number of carbonyl (C=O) groups is 5. The number of rotatable bonds is 14. The van der Waals surface area contributed by atoms with Crippen molar-refractivity contribution in [3.8, 4) is 11.4 Å². The minimum atomic E-state index is -1.25. The molecule has 5 N–H and O–H groups in total. The summed E-state index contributed by atoms with van der Waals surface area (Å²) in [5, 5.41) is 14.8. The maximum atomic E-state index is 15.4. The number of ether oxygens (including phenoxy) is 2. The molecule has 1 saturated carbocycles. The Morgan fingerprint density at radius 1 is 1.02 bits per heavy atom. The lowest BCUT2D eigenvalue weighted by molar-refractivity contribution is -0.150. The first-order valence-electron chi connectivity index (χ1n) is 21.0. The summed E-state index contributed by atoms with van der Waals surface area (Å²) < 4.78 is 28.7. The Labute approximate surface area is 351 Å². The molecule has 2 aromatic heterocycles. The van der Waals surface area contributed by atoms with E-state index in [0.29, 0.717) is 65.7 Å². The number of pyridine rings is 2. The van der Waals surface area contributed by atoms with Gasteiger partial charge in [0, 0.05) is 23.4 Å². The van der Waals surface area contributed by atoms with Gasteiger partial charge in [0.1, 0.15) is 30.8 Å². The highest BCUT2D eigenvalue weighted by molar-refractivity contribution is 5.95. The van der Waals surface area contributed by atoms with Crippen LogP contribution in [-0.2, 0) is 59.4 Å². The van der Waals surface area contributed by atoms with E-state index in [1.807, 2.05) is 43.3 Å². The molecule has 0 bridgehead atoms. The van der Waals surface area contributed by atoms with Gasteiger partial charge in [-0.2, -0.15) is 0 Å². The number of halogens is 1. The highest BCUT2D eigenvalue weighted by Gasteiger charge is 2.45. The summed E-state index contributed by atoms with van der Waals surface area (Å²) >= 11 is 0. The van der Waals surface area contributed by atoms with Crippen LogP contribution in [0.3, 0.4) is 0 Å². The van der Waals surface area contributed by atoms with E-state index in [4.69, 9.17) is 14.5 Å². The number of cyclic esters (lactones) is 1. The van der Waals surface area contributed by atoms with Crippen molar-refractivity contribution < 1.29 is 37.8 Å². The van der Waals surface area contributed by atoms with Gasteiger partial charge >= 0.3 is 5.97 Å². The van der Waals surface area contributed by atoms with Crippen molar-refractivity contribution in [2.45, 2.75) is 102 Å². The van der Waals surface area contributed by atoms with E-state index in [1.165, 1.54) is 6.07 Å². The number of aryl methyl sites for hydroxylation is 1. The third-order valence-corrected chi connectivity index (χ3v) is 12.6. The van der Waals surface area contributed by atoms with E-state index in [2.05, 4.69) is 26.6 Å². The zero-order chi connectivity index (χ0) is 43.0. The molecule has 4 aliphatic rings. The normalized spacial score (nSPS) is 18.7. The van der Waals surface area contributed by atoms with Crippen LogP contribution >= 0.6 is 0 Å². The summed E-state index contributed by atoms with van der Waals surface area (Å²) in [5.41, 5.74) is 4.71. The van der Waals surface area contributed by atoms with Crippen LogP contribution in [0, 0.1) is 12.7 Å². The molecule has 4 aromatic rings. The highest BCUT2D eigenvalue weighted by Crippen LogP contribution is 2.46. The Morgan fingerprint density at radius 2 is 1.79 bits per heavy atom. The number of nitrogens with zero attached hydrogens (tertiary/aromatic N) is 2. The summed E-state index contributed by atoms with van der Waals surface area (Å²) in [5.74, 6) is -3.13. The van der Waals surface area contributed by atoms with Crippen molar-refractivity contribution >= 4 is 40.5 Å². The number of fused-ring (bicyclic) bond motifs is 5. The quantitative estimate of drug-likeness (QED) is 0.0819. The zero-order valence-electron chi connectivity index (χ0n) is 34.5. The van der Waals surface area contributed by atoms with Crippen LogP contribution in [-0.4, -0.2) is 77.7 Å². The van der Waals surface area contributed by atoms with Crippen molar-refractivity contribution in [3.05, 3.63) is 97.6 Å². The first kappa shape index (κ1) is 41.7. The molecule has 0 saturated heterocycles. The summed E-state index contributed by atoms with van der Waals surface area (Å²) in [7, 11) is 1.62. The van der Waals surface area contributed by atoms with Gasteiger partial charge in [0.15, 0.2) is 0 Å². The maximum absolute atomic E-state index is 15.4. The van der Waals surface area contributed by atoms with Gasteiger partial charge in [-0.3, -0.25) is 28.8 Å². The van der Waals surface area contributed by atoms with Crippen molar-refractivity contribution in [2.75, 3.05) is 26.9 Å². The first-order valence-corrected chi connectivity index (χ1v) is 21.0. The van der Waals surface area contributed by atoms with Crippen LogP contribution in [0.1, 0.15) is 96.4 Å². The second-order valence-corrected chi connectivity index (χ2v) is 16.3. The van der Waals surface area contributed by atoms with E-state index < -0.39 is 35.4 Å². The van der Waals surface area contributed by atoms with Gasteiger partial charge in [0.05, 0.1) is 54.1 Å². The molecule has 2 aromatic carbocycles. The molecule has 8 rings (SSSR count). The van der Waals surface area contributed by atoms with Crippen LogP contribution in [0.2, 0.25) is 0 Å². The minimum absolute atomic E-state index is 0.0192. The number of aromatic nitrogens is 2. The van der Waals surface area contributed by atoms with Crippen LogP contribution in [0.5, 0.6) is 0 Å². The van der Waals surface area contributed by atoms with Crippen molar-refractivity contribution in [3.63, 3.8) is 0 Å². The zero-order valence-corrected chi connectivity index (χ0v) is 34.5. The molecule has 320 valence electrons. The third-order valence-electron chi connectivity index (χ3n) is 12.6. The lowest BCUT2D eigenvalue weighted by atomic mass is 9.81. The largest absolute Gasteiger partial charge is 0.460 e. The smallest absolute Gasteiger partial charge is 0.313 e. The molecule has 0 radical (unpaired) electrons.